The topological polar surface area (TPSA) is 47.0 Å². The summed E-state index contributed by atoms with van der Waals surface area (Å²) in [6, 6.07) is 9.18. The van der Waals surface area contributed by atoms with Crippen LogP contribution in [0.2, 0.25) is 0 Å². The van der Waals surface area contributed by atoms with E-state index in [1.807, 2.05) is 0 Å². The van der Waals surface area contributed by atoms with Crippen LogP contribution >= 0.6 is 0 Å². The Morgan fingerprint density at radius 1 is 0.893 bits per heavy atom. The monoisotopic (exact) mass is 383 g/mol. The van der Waals surface area contributed by atoms with Crippen LogP contribution in [0.3, 0.4) is 0 Å². The molecule has 3 nitrogen and oxygen atoms in total. The lowest BCUT2D eigenvalue weighted by Crippen LogP contribution is -2.18. The average Bonchev–Trinajstić information content (AvgIpc) is 2.66. The van der Waals surface area contributed by atoms with Crippen LogP contribution in [0.25, 0.3) is 0 Å². The van der Waals surface area contributed by atoms with E-state index >= 15 is 0 Å². The van der Waals surface area contributed by atoms with Gasteiger partial charge in [-0.3, -0.25) is 14.6 Å². The van der Waals surface area contributed by atoms with Gasteiger partial charge in [0, 0.05) is 24.2 Å². The van der Waals surface area contributed by atoms with Gasteiger partial charge in [-0.15, -0.1) is 0 Å². The highest BCUT2D eigenvalue weighted by molar-refractivity contribution is 6.03. The Morgan fingerprint density at radius 3 is 2.14 bits per heavy atom. The van der Waals surface area contributed by atoms with E-state index in [0.29, 0.717) is 11.1 Å². The highest BCUT2D eigenvalue weighted by Crippen LogP contribution is 2.33. The fraction of sp³-hybridized carbons (Fsp3) is 0.136. The molecule has 28 heavy (non-hydrogen) atoms. The zero-order chi connectivity index (χ0) is 20.4. The Balaban J connectivity index is 2.20. The number of ketones is 2. The number of benzene rings is 2. The largest absolute Gasteiger partial charge is 0.293 e. The molecular weight excluding hydrogens is 367 g/mol. The summed E-state index contributed by atoms with van der Waals surface area (Å²) in [5.41, 5.74) is 1.06. The lowest BCUT2D eigenvalue weighted by molar-refractivity contribution is 0.0971. The fourth-order valence-corrected chi connectivity index (χ4v) is 3.03. The molecule has 3 rings (SSSR count). The second kappa shape index (κ2) is 7.76. The van der Waals surface area contributed by atoms with Gasteiger partial charge in [0.25, 0.3) is 0 Å². The molecule has 0 radical (unpaired) electrons. The molecule has 0 aliphatic carbocycles. The number of pyridine rings is 1. The minimum Gasteiger partial charge on any atom is -0.293 e. The third-order valence-electron chi connectivity index (χ3n) is 4.48. The van der Waals surface area contributed by atoms with Crippen LogP contribution in [0.15, 0.2) is 54.7 Å². The van der Waals surface area contributed by atoms with Crippen molar-refractivity contribution in [2.24, 2.45) is 0 Å². The molecule has 0 saturated heterocycles. The summed E-state index contributed by atoms with van der Waals surface area (Å²) in [6.45, 7) is 3.01. The molecule has 1 heterocycles. The third-order valence-corrected chi connectivity index (χ3v) is 4.48. The van der Waals surface area contributed by atoms with Crippen LogP contribution in [0.5, 0.6) is 0 Å². The standard InChI is InChI=1S/C22H16F3NO2/c1-12-9-20(13(2)27)26-11-18(12)21(17-10-16(24)7-8-19(17)25)22(28)14-3-5-15(23)6-4-14/h3-11,21H,1-2H3. The maximum atomic E-state index is 14.5. The highest BCUT2D eigenvalue weighted by Gasteiger charge is 2.29. The first-order chi connectivity index (χ1) is 13.3. The van der Waals surface area contributed by atoms with Gasteiger partial charge >= 0.3 is 0 Å². The molecule has 0 fully saturated rings. The Morgan fingerprint density at radius 2 is 1.54 bits per heavy atom. The van der Waals surface area contributed by atoms with Crippen molar-refractivity contribution in [3.8, 4) is 0 Å². The molecule has 1 atom stereocenters. The van der Waals surface area contributed by atoms with Crippen molar-refractivity contribution in [3.05, 3.63) is 100 Å². The molecule has 0 aliphatic rings. The van der Waals surface area contributed by atoms with E-state index in [0.717, 1.165) is 30.3 Å². The van der Waals surface area contributed by atoms with E-state index in [-0.39, 0.29) is 22.6 Å². The molecule has 142 valence electrons. The summed E-state index contributed by atoms with van der Waals surface area (Å²) < 4.78 is 41.6. The van der Waals surface area contributed by atoms with Crippen molar-refractivity contribution in [2.75, 3.05) is 0 Å². The summed E-state index contributed by atoms with van der Waals surface area (Å²) >= 11 is 0. The SMILES string of the molecule is CC(=O)c1cc(C)c(C(C(=O)c2ccc(F)cc2)c2cc(F)ccc2F)cn1. The number of aromatic nitrogens is 1. The van der Waals surface area contributed by atoms with Gasteiger partial charge in [-0.1, -0.05) is 0 Å². The van der Waals surface area contributed by atoms with Crippen LogP contribution in [0.4, 0.5) is 13.2 Å². The zero-order valence-corrected chi connectivity index (χ0v) is 15.2. The number of carbonyl (C=O) groups excluding carboxylic acids is 2. The molecule has 6 heteroatoms. The first-order valence-electron chi connectivity index (χ1n) is 8.50. The second-order valence-electron chi connectivity index (χ2n) is 6.45. The molecule has 3 aromatic rings. The quantitative estimate of drug-likeness (QED) is 0.581. The summed E-state index contributed by atoms with van der Waals surface area (Å²) in [5, 5.41) is 0. The Labute approximate surface area is 159 Å². The second-order valence-corrected chi connectivity index (χ2v) is 6.45. The average molecular weight is 383 g/mol. The third kappa shape index (κ3) is 3.86. The summed E-state index contributed by atoms with van der Waals surface area (Å²) in [7, 11) is 0. The van der Waals surface area contributed by atoms with E-state index in [4.69, 9.17) is 0 Å². The zero-order valence-electron chi connectivity index (χ0n) is 15.2. The van der Waals surface area contributed by atoms with Crippen molar-refractivity contribution in [2.45, 2.75) is 19.8 Å². The highest BCUT2D eigenvalue weighted by atomic mass is 19.1. The van der Waals surface area contributed by atoms with E-state index in [1.165, 1.54) is 31.3 Å². The van der Waals surface area contributed by atoms with Gasteiger partial charge in [0.2, 0.25) is 0 Å². The number of hydrogen-bond donors (Lipinski definition) is 0. The van der Waals surface area contributed by atoms with Gasteiger partial charge in [0.15, 0.2) is 11.6 Å². The molecule has 0 saturated carbocycles. The van der Waals surface area contributed by atoms with Crippen molar-refractivity contribution >= 4 is 11.6 Å². The summed E-state index contributed by atoms with van der Waals surface area (Å²) in [5.74, 6) is -3.96. The molecule has 0 N–H and O–H groups in total. The van der Waals surface area contributed by atoms with Crippen LogP contribution in [-0.4, -0.2) is 16.6 Å². The lowest BCUT2D eigenvalue weighted by atomic mass is 9.83. The van der Waals surface area contributed by atoms with Crippen LogP contribution in [0, 0.1) is 24.4 Å². The minimum atomic E-state index is -1.20. The van der Waals surface area contributed by atoms with Gasteiger partial charge < -0.3 is 0 Å². The number of aryl methyl sites for hydroxylation is 1. The number of hydrogen-bond acceptors (Lipinski definition) is 3. The molecule has 0 amide bonds. The first kappa shape index (κ1) is 19.5. The van der Waals surface area contributed by atoms with Gasteiger partial charge in [-0.25, -0.2) is 13.2 Å². The number of Topliss-reactive ketones (excluding diaryl/α,β-unsaturated/α-hetero) is 2. The number of carbonyl (C=O) groups is 2. The predicted octanol–water partition coefficient (Wildman–Crippen LogP) is 5.02. The fourth-order valence-electron chi connectivity index (χ4n) is 3.03. The normalized spacial score (nSPS) is 11.9. The Hall–Kier alpha value is -3.28. The minimum absolute atomic E-state index is 0.144. The number of halogens is 3. The first-order valence-corrected chi connectivity index (χ1v) is 8.50. The Kier molecular flexibility index (Phi) is 5.40. The molecule has 0 bridgehead atoms. The molecule has 1 unspecified atom stereocenters. The molecule has 1 aromatic heterocycles. The van der Waals surface area contributed by atoms with E-state index in [1.54, 1.807) is 6.92 Å². The smallest absolute Gasteiger partial charge is 0.178 e. The van der Waals surface area contributed by atoms with Gasteiger partial charge in [-0.05, 0) is 66.6 Å². The van der Waals surface area contributed by atoms with Gasteiger partial charge in [0.05, 0.1) is 5.92 Å². The van der Waals surface area contributed by atoms with E-state index in [9.17, 15) is 22.8 Å². The van der Waals surface area contributed by atoms with Crippen molar-refractivity contribution in [1.82, 2.24) is 4.98 Å². The van der Waals surface area contributed by atoms with Crippen molar-refractivity contribution in [3.63, 3.8) is 0 Å². The van der Waals surface area contributed by atoms with Gasteiger partial charge in [-0.2, -0.15) is 0 Å². The maximum absolute atomic E-state index is 14.5. The molecule has 2 aromatic carbocycles. The van der Waals surface area contributed by atoms with Crippen molar-refractivity contribution < 1.29 is 22.8 Å². The number of rotatable bonds is 5. The molecule has 0 aliphatic heterocycles. The molecular formula is C22H16F3NO2. The van der Waals surface area contributed by atoms with E-state index in [2.05, 4.69) is 4.98 Å². The maximum Gasteiger partial charge on any atom is 0.178 e. The predicted molar refractivity (Wildman–Crippen MR) is 97.9 cm³/mol. The summed E-state index contributed by atoms with van der Waals surface area (Å²) in [4.78, 5) is 28.8. The van der Waals surface area contributed by atoms with Crippen LogP contribution < -0.4 is 0 Å². The van der Waals surface area contributed by atoms with Gasteiger partial charge in [0.1, 0.15) is 23.1 Å². The molecule has 0 spiro atoms. The van der Waals surface area contributed by atoms with Crippen LogP contribution in [-0.2, 0) is 0 Å². The lowest BCUT2D eigenvalue weighted by Gasteiger charge is -2.20. The van der Waals surface area contributed by atoms with Crippen LogP contribution in [0.1, 0.15) is 50.4 Å². The Bertz CT molecular complexity index is 1060. The van der Waals surface area contributed by atoms with Crippen molar-refractivity contribution in [1.29, 1.82) is 0 Å². The number of nitrogens with zero attached hydrogens (tertiary/aromatic N) is 1. The summed E-state index contributed by atoms with van der Waals surface area (Å²) in [6.07, 6.45) is 1.32. The van der Waals surface area contributed by atoms with E-state index < -0.39 is 29.2 Å².